The summed E-state index contributed by atoms with van der Waals surface area (Å²) in [4.78, 5) is 0. The summed E-state index contributed by atoms with van der Waals surface area (Å²) in [6.07, 6.45) is 0. The van der Waals surface area contributed by atoms with Crippen LogP contribution in [0, 0.1) is 0 Å². The molecule has 6 heteroatoms. The molecule has 0 heterocycles. The van der Waals surface area contributed by atoms with Gasteiger partial charge in [0.1, 0.15) is 0 Å². The fourth-order valence-electron chi connectivity index (χ4n) is 5.87. The molecule has 0 aromatic heterocycles. The largest absolute Gasteiger partial charge is 0.337 e. The average Bonchev–Trinajstić information content (AvgIpc) is 3.08. The van der Waals surface area contributed by atoms with Crippen LogP contribution in [-0.4, -0.2) is 23.3 Å². The molecule has 3 nitrogen and oxygen atoms in total. The zero-order chi connectivity index (χ0) is 29.6. The van der Waals surface area contributed by atoms with E-state index in [2.05, 4.69) is 72.8 Å². The first kappa shape index (κ1) is 29.0. The van der Waals surface area contributed by atoms with Crippen LogP contribution in [0.3, 0.4) is 0 Å². The van der Waals surface area contributed by atoms with Crippen LogP contribution in [0.15, 0.2) is 182 Å². The van der Waals surface area contributed by atoms with Gasteiger partial charge in [0.15, 0.2) is 0 Å². The second kappa shape index (κ2) is 12.6. The number of rotatable bonds is 10. The summed E-state index contributed by atoms with van der Waals surface area (Å²) in [5.41, 5.74) is 0. The first-order chi connectivity index (χ1) is 21.0. The molecule has 0 fully saturated rings. The highest BCUT2D eigenvalue weighted by molar-refractivity contribution is 7.58. The summed E-state index contributed by atoms with van der Waals surface area (Å²) in [6, 6.07) is 61.2. The molecule has 6 aromatic carbocycles. The second-order valence-corrected chi connectivity index (χ2v) is 19.7. The third-order valence-electron chi connectivity index (χ3n) is 7.69. The van der Waals surface area contributed by atoms with Gasteiger partial charge in [-0.05, 0) is 31.1 Å². The van der Waals surface area contributed by atoms with E-state index in [1.165, 1.54) is 0 Å². The summed E-state index contributed by atoms with van der Waals surface area (Å²) in [7, 11) is -10.5. The highest BCUT2D eigenvalue weighted by atomic mass is 31.2. The monoisotopic (exact) mass is 612 g/mol. The van der Waals surface area contributed by atoms with Crippen molar-refractivity contribution in [3.05, 3.63) is 182 Å². The summed E-state index contributed by atoms with van der Waals surface area (Å²) < 4.78 is 29.7. The molecule has 0 aliphatic heterocycles. The topological polar surface area (TPSA) is 35.5 Å². The number of hydrogen-bond donors (Lipinski definition) is 0. The maximum atomic E-state index is 15.3. The molecule has 0 amide bonds. The van der Waals surface area contributed by atoms with E-state index in [0.29, 0.717) is 0 Å². The Morgan fingerprint density at radius 1 is 0.349 bits per heavy atom. The zero-order valence-electron chi connectivity index (χ0n) is 24.0. The van der Waals surface area contributed by atoms with Gasteiger partial charge in [0, 0.05) is 6.66 Å². The van der Waals surface area contributed by atoms with Gasteiger partial charge in [-0.1, -0.05) is 182 Å². The molecule has 0 aliphatic rings. The lowest BCUT2D eigenvalue weighted by molar-refractivity contribution is 0.401. The van der Waals surface area contributed by atoms with E-state index in [1.807, 2.05) is 109 Å². The zero-order valence-corrected chi connectivity index (χ0v) is 26.9. The predicted molar refractivity (Wildman–Crippen MR) is 184 cm³/mol. The van der Waals surface area contributed by atoms with Crippen molar-refractivity contribution in [1.29, 1.82) is 0 Å². The molecule has 0 aliphatic carbocycles. The fourth-order valence-corrected chi connectivity index (χ4v) is 18.8. The molecule has 0 unspecified atom stereocenters. The Balaban J connectivity index is 1.59. The van der Waals surface area contributed by atoms with Gasteiger partial charge < -0.3 is 8.43 Å². The van der Waals surface area contributed by atoms with Gasteiger partial charge in [-0.2, -0.15) is 0 Å². The third-order valence-corrected chi connectivity index (χ3v) is 19.4. The number of hydrogen-bond acceptors (Lipinski definition) is 3. The Bertz CT molecular complexity index is 1460. The Labute approximate surface area is 256 Å². The molecule has 0 bridgehead atoms. The van der Waals surface area contributed by atoms with Gasteiger partial charge in [-0.3, -0.25) is 4.57 Å². The summed E-state index contributed by atoms with van der Waals surface area (Å²) in [5, 5.41) is 6.02. The van der Waals surface area contributed by atoms with Crippen molar-refractivity contribution in [2.75, 3.05) is 6.66 Å². The van der Waals surface area contributed by atoms with E-state index < -0.39 is 24.2 Å². The van der Waals surface area contributed by atoms with Gasteiger partial charge in [0.05, 0.1) is 0 Å². The maximum absolute atomic E-state index is 15.3. The fraction of sp³-hybridized carbons (Fsp3) is 0.0270. The normalized spacial score (nSPS) is 12.1. The molecule has 212 valence electrons. The molecule has 0 N–H and O–H groups in total. The standard InChI is InChI=1S/C37H33O3PSi2/c1-41(38,39-42(32-20-8-2-9-21-32,33-22-10-3-11-23-33)34-24-12-4-13-25-34)40-43(35-26-14-5-15-27-35,36-28-16-6-17-29-36)37-30-18-7-19-31-37/h2-31H,1H3. The van der Waals surface area contributed by atoms with Crippen LogP contribution in [0.2, 0.25) is 0 Å². The second-order valence-electron chi connectivity index (χ2n) is 10.5. The van der Waals surface area contributed by atoms with Gasteiger partial charge >= 0.3 is 7.60 Å². The minimum atomic E-state index is -3.80. The van der Waals surface area contributed by atoms with E-state index >= 15 is 4.57 Å². The van der Waals surface area contributed by atoms with Crippen LogP contribution < -0.4 is 31.1 Å². The minimum absolute atomic E-state index is 1.00. The van der Waals surface area contributed by atoms with Crippen molar-refractivity contribution in [2.45, 2.75) is 0 Å². The Morgan fingerprint density at radius 2 is 0.512 bits per heavy atom. The van der Waals surface area contributed by atoms with Crippen molar-refractivity contribution in [3.63, 3.8) is 0 Å². The molecule has 0 spiro atoms. The van der Waals surface area contributed by atoms with Crippen LogP contribution in [-0.2, 0) is 13.0 Å². The lowest BCUT2D eigenvalue weighted by Crippen LogP contribution is -2.71. The first-order valence-corrected chi connectivity index (χ1v) is 20.2. The molecule has 43 heavy (non-hydrogen) atoms. The predicted octanol–water partition coefficient (Wildman–Crippen LogP) is 5.18. The van der Waals surface area contributed by atoms with Gasteiger partial charge in [0.2, 0.25) is 0 Å². The molecule has 0 saturated heterocycles. The lowest BCUT2D eigenvalue weighted by Gasteiger charge is -2.39. The van der Waals surface area contributed by atoms with E-state index in [-0.39, 0.29) is 0 Å². The van der Waals surface area contributed by atoms with Crippen molar-refractivity contribution >= 4 is 55.4 Å². The van der Waals surface area contributed by atoms with Crippen molar-refractivity contribution in [2.24, 2.45) is 0 Å². The summed E-state index contributed by atoms with van der Waals surface area (Å²) in [6.45, 7) is 1.65. The van der Waals surface area contributed by atoms with Crippen molar-refractivity contribution in [3.8, 4) is 0 Å². The Morgan fingerprint density at radius 3 is 0.674 bits per heavy atom. The van der Waals surface area contributed by atoms with E-state index in [4.69, 9.17) is 8.43 Å². The van der Waals surface area contributed by atoms with E-state index in [9.17, 15) is 0 Å². The average molecular weight is 613 g/mol. The van der Waals surface area contributed by atoms with Crippen LogP contribution in [0.25, 0.3) is 0 Å². The van der Waals surface area contributed by atoms with E-state index in [0.717, 1.165) is 31.1 Å². The molecule has 0 saturated carbocycles. The van der Waals surface area contributed by atoms with Crippen LogP contribution in [0.4, 0.5) is 0 Å². The smallest absolute Gasteiger partial charge is 0.310 e. The van der Waals surface area contributed by atoms with Crippen LogP contribution >= 0.6 is 7.60 Å². The SMILES string of the molecule is CP(=O)(O[Si](c1ccccc1)(c1ccccc1)c1ccccc1)O[Si](c1ccccc1)(c1ccccc1)c1ccccc1. The summed E-state index contributed by atoms with van der Waals surface area (Å²) >= 11 is 0. The molecule has 0 atom stereocenters. The molecular weight excluding hydrogens is 580 g/mol. The quantitative estimate of drug-likeness (QED) is 0.122. The van der Waals surface area contributed by atoms with Crippen LogP contribution in [0.5, 0.6) is 0 Å². The maximum Gasteiger partial charge on any atom is 0.310 e. The molecule has 0 radical (unpaired) electrons. The highest BCUT2D eigenvalue weighted by Gasteiger charge is 2.51. The molecular formula is C37H33O3PSi2. The first-order valence-electron chi connectivity index (χ1n) is 14.4. The van der Waals surface area contributed by atoms with Crippen molar-refractivity contribution < 1.29 is 13.0 Å². The van der Waals surface area contributed by atoms with Gasteiger partial charge in [0.25, 0.3) is 16.6 Å². The number of benzene rings is 6. The van der Waals surface area contributed by atoms with Gasteiger partial charge in [-0.15, -0.1) is 0 Å². The van der Waals surface area contributed by atoms with Crippen LogP contribution in [0.1, 0.15) is 0 Å². The van der Waals surface area contributed by atoms with Crippen molar-refractivity contribution in [1.82, 2.24) is 0 Å². The Hall–Kier alpha value is -4.10. The van der Waals surface area contributed by atoms with Gasteiger partial charge in [-0.25, -0.2) is 0 Å². The van der Waals surface area contributed by atoms with E-state index in [1.54, 1.807) is 6.66 Å². The highest BCUT2D eigenvalue weighted by Crippen LogP contribution is 2.49. The lowest BCUT2D eigenvalue weighted by atomic mass is 10.3. The Kier molecular flexibility index (Phi) is 8.52. The summed E-state index contributed by atoms with van der Waals surface area (Å²) in [5.74, 6) is 0. The molecule has 6 aromatic rings. The molecule has 6 rings (SSSR count). The third kappa shape index (κ3) is 5.78. The minimum Gasteiger partial charge on any atom is -0.337 e.